The topological polar surface area (TPSA) is 68.3 Å². The Morgan fingerprint density at radius 1 is 1.27 bits per heavy atom. The maximum atomic E-state index is 12.2. The second-order valence-electron chi connectivity index (χ2n) is 5.20. The quantitative estimate of drug-likeness (QED) is 0.939. The van der Waals surface area contributed by atoms with Gasteiger partial charge in [-0.05, 0) is 36.6 Å². The second kappa shape index (κ2) is 5.81. The summed E-state index contributed by atoms with van der Waals surface area (Å²) in [6.07, 6.45) is 7.86. The van der Waals surface area contributed by atoms with Crippen LogP contribution in [0.25, 0.3) is 10.9 Å². The molecule has 1 aliphatic rings. The zero-order valence-corrected chi connectivity index (χ0v) is 12.9. The van der Waals surface area contributed by atoms with E-state index in [0.717, 1.165) is 11.8 Å². The summed E-state index contributed by atoms with van der Waals surface area (Å²) >= 11 is 0. The van der Waals surface area contributed by atoms with Crippen LogP contribution in [-0.4, -0.2) is 13.4 Å². The number of fused-ring (bicyclic) bond motifs is 1. The molecule has 2 aromatic rings. The molecule has 0 saturated heterocycles. The van der Waals surface area contributed by atoms with E-state index in [9.17, 15) is 8.42 Å². The summed E-state index contributed by atoms with van der Waals surface area (Å²) in [7, 11) is -3.96. The molecule has 1 unspecified atom stereocenters. The molecule has 0 aliphatic heterocycles. The molecular weight excluding hydrogens is 300 g/mol. The minimum atomic E-state index is -3.96. The van der Waals surface area contributed by atoms with Gasteiger partial charge in [0.2, 0.25) is 0 Å². The second-order valence-corrected chi connectivity index (χ2v) is 6.48. The molecule has 114 valence electrons. The first-order chi connectivity index (χ1) is 10.5. The number of benzene rings is 1. The fourth-order valence-corrected chi connectivity index (χ4v) is 3.17. The fraction of sp³-hybridized carbons (Fsp3) is 0.188. The van der Waals surface area contributed by atoms with Crippen molar-refractivity contribution in [2.24, 2.45) is 5.92 Å². The third kappa shape index (κ3) is 3.28. The van der Waals surface area contributed by atoms with Gasteiger partial charge in [-0.15, -0.1) is 0 Å². The number of nitrogens with zero attached hydrogens (tertiary/aromatic N) is 1. The molecule has 1 aromatic heterocycles. The largest absolute Gasteiger partial charge is 0.407 e. The molecule has 5 nitrogen and oxygen atoms in total. The Kier molecular flexibility index (Phi) is 3.85. The van der Waals surface area contributed by atoms with Crippen molar-refractivity contribution in [2.75, 3.05) is 4.72 Å². The van der Waals surface area contributed by atoms with Gasteiger partial charge in [0.15, 0.2) is 0 Å². The third-order valence-corrected chi connectivity index (χ3v) is 4.19. The summed E-state index contributed by atoms with van der Waals surface area (Å²) in [6.45, 7) is 2.00. The Hall–Kier alpha value is -2.34. The van der Waals surface area contributed by atoms with Crippen LogP contribution in [0.3, 0.4) is 0 Å². The van der Waals surface area contributed by atoms with Crippen LogP contribution in [0.15, 0.2) is 60.5 Å². The van der Waals surface area contributed by atoms with Gasteiger partial charge in [0.1, 0.15) is 5.76 Å². The summed E-state index contributed by atoms with van der Waals surface area (Å²) in [6, 6.07) is 8.97. The van der Waals surface area contributed by atoms with E-state index >= 15 is 0 Å². The normalized spacial score (nSPS) is 18.0. The first-order valence-corrected chi connectivity index (χ1v) is 8.39. The molecule has 22 heavy (non-hydrogen) atoms. The number of allylic oxidation sites excluding steroid dienone is 3. The summed E-state index contributed by atoms with van der Waals surface area (Å²) in [5, 5.41) is 0.855. The van der Waals surface area contributed by atoms with Gasteiger partial charge in [0, 0.05) is 11.6 Å². The van der Waals surface area contributed by atoms with Gasteiger partial charge >= 0.3 is 10.3 Å². The lowest BCUT2D eigenvalue weighted by Crippen LogP contribution is -2.16. The number of pyridine rings is 1. The zero-order valence-electron chi connectivity index (χ0n) is 12.1. The van der Waals surface area contributed by atoms with E-state index in [1.54, 1.807) is 36.5 Å². The van der Waals surface area contributed by atoms with E-state index < -0.39 is 10.3 Å². The molecule has 1 atom stereocenters. The fourth-order valence-electron chi connectivity index (χ4n) is 2.33. The van der Waals surface area contributed by atoms with Gasteiger partial charge in [0.25, 0.3) is 0 Å². The lowest BCUT2D eigenvalue weighted by Gasteiger charge is -2.14. The molecule has 1 aromatic carbocycles. The predicted molar refractivity (Wildman–Crippen MR) is 86.4 cm³/mol. The van der Waals surface area contributed by atoms with Crippen LogP contribution >= 0.6 is 0 Å². The lowest BCUT2D eigenvalue weighted by atomic mass is 10.0. The molecule has 0 fully saturated rings. The number of para-hydroxylation sites is 1. The highest BCUT2D eigenvalue weighted by molar-refractivity contribution is 7.88. The van der Waals surface area contributed by atoms with Gasteiger partial charge < -0.3 is 4.18 Å². The molecule has 0 spiro atoms. The first-order valence-electron chi connectivity index (χ1n) is 6.98. The average Bonchev–Trinajstić information content (AvgIpc) is 2.47. The standard InChI is InChI=1S/C16H16N2O3S/c1-12-5-2-8-14(11-12)21-22(19,20)18-15-9-3-6-13-7-4-10-17-16(13)15/h2-4,6-12,18H,5H2,1H3. The smallest absolute Gasteiger partial charge is 0.367 e. The Bertz CT molecular complexity index is 851. The number of nitrogens with one attached hydrogen (secondary N) is 1. The third-order valence-electron chi connectivity index (χ3n) is 3.31. The minimum absolute atomic E-state index is 0.259. The lowest BCUT2D eigenvalue weighted by molar-refractivity contribution is 0.417. The van der Waals surface area contributed by atoms with E-state index in [1.807, 2.05) is 25.1 Å². The number of rotatable bonds is 4. The Balaban J connectivity index is 1.86. The summed E-state index contributed by atoms with van der Waals surface area (Å²) in [5.41, 5.74) is 0.977. The van der Waals surface area contributed by atoms with E-state index in [-0.39, 0.29) is 5.92 Å². The Labute approximate surface area is 129 Å². The predicted octanol–water partition coefficient (Wildman–Crippen LogP) is 3.39. The van der Waals surface area contributed by atoms with Crippen molar-refractivity contribution in [2.45, 2.75) is 13.3 Å². The molecule has 0 saturated carbocycles. The Morgan fingerprint density at radius 3 is 2.91 bits per heavy atom. The first kappa shape index (κ1) is 14.6. The van der Waals surface area contributed by atoms with Crippen molar-refractivity contribution in [3.05, 3.63) is 60.5 Å². The van der Waals surface area contributed by atoms with Crippen molar-refractivity contribution in [3.8, 4) is 0 Å². The van der Waals surface area contributed by atoms with E-state index in [2.05, 4.69) is 9.71 Å². The van der Waals surface area contributed by atoms with Crippen molar-refractivity contribution in [1.29, 1.82) is 0 Å². The van der Waals surface area contributed by atoms with Crippen LogP contribution in [0.2, 0.25) is 0 Å². The highest BCUT2D eigenvalue weighted by Crippen LogP contribution is 2.24. The summed E-state index contributed by atoms with van der Waals surface area (Å²) < 4.78 is 31.9. The van der Waals surface area contributed by atoms with Crippen LogP contribution in [-0.2, 0) is 14.5 Å². The molecule has 0 radical (unpaired) electrons. The van der Waals surface area contributed by atoms with Crippen LogP contribution in [0.1, 0.15) is 13.3 Å². The monoisotopic (exact) mass is 316 g/mol. The molecule has 0 amide bonds. The average molecular weight is 316 g/mol. The molecular formula is C16H16N2O3S. The molecule has 6 heteroatoms. The molecule has 3 rings (SSSR count). The molecule has 1 aliphatic carbocycles. The van der Waals surface area contributed by atoms with Crippen LogP contribution in [0.4, 0.5) is 5.69 Å². The number of aromatic nitrogens is 1. The zero-order chi connectivity index (χ0) is 15.6. The van der Waals surface area contributed by atoms with Crippen LogP contribution < -0.4 is 4.72 Å². The highest BCUT2D eigenvalue weighted by Gasteiger charge is 2.17. The number of anilines is 1. The van der Waals surface area contributed by atoms with Gasteiger partial charge in [-0.1, -0.05) is 31.2 Å². The molecule has 1 N–H and O–H groups in total. The maximum absolute atomic E-state index is 12.2. The van der Waals surface area contributed by atoms with E-state index in [4.69, 9.17) is 4.18 Å². The SMILES string of the molecule is CC1C=C(OS(=O)(=O)Nc2cccc3cccnc23)C=CC1. The van der Waals surface area contributed by atoms with Crippen molar-refractivity contribution < 1.29 is 12.6 Å². The number of hydrogen-bond acceptors (Lipinski definition) is 4. The van der Waals surface area contributed by atoms with Gasteiger partial charge in [-0.25, -0.2) is 4.72 Å². The molecule has 1 heterocycles. The minimum Gasteiger partial charge on any atom is -0.367 e. The number of hydrogen-bond donors (Lipinski definition) is 1. The summed E-state index contributed by atoms with van der Waals surface area (Å²) in [5.74, 6) is 0.592. The van der Waals surface area contributed by atoms with Gasteiger partial charge in [-0.3, -0.25) is 4.98 Å². The van der Waals surface area contributed by atoms with Crippen molar-refractivity contribution in [1.82, 2.24) is 4.98 Å². The Morgan fingerprint density at radius 2 is 2.09 bits per heavy atom. The van der Waals surface area contributed by atoms with Crippen LogP contribution in [0, 0.1) is 5.92 Å². The van der Waals surface area contributed by atoms with Crippen molar-refractivity contribution >= 4 is 26.9 Å². The van der Waals surface area contributed by atoms with Crippen molar-refractivity contribution in [3.63, 3.8) is 0 Å². The highest BCUT2D eigenvalue weighted by atomic mass is 32.2. The summed E-state index contributed by atoms with van der Waals surface area (Å²) in [4.78, 5) is 4.21. The van der Waals surface area contributed by atoms with Gasteiger partial charge in [0.05, 0.1) is 11.2 Å². The molecule has 0 bridgehead atoms. The van der Waals surface area contributed by atoms with E-state index in [1.165, 1.54) is 0 Å². The maximum Gasteiger partial charge on any atom is 0.407 e. The van der Waals surface area contributed by atoms with Crippen LogP contribution in [0.5, 0.6) is 0 Å². The van der Waals surface area contributed by atoms with E-state index in [0.29, 0.717) is 17.0 Å². The van der Waals surface area contributed by atoms with Gasteiger partial charge in [-0.2, -0.15) is 8.42 Å².